The SMILES string of the molecule is CCOC(=O)c1ccccc1NC(=O)c1ccc(OCC)cc1. The van der Waals surface area contributed by atoms with Crippen molar-refractivity contribution in [1.82, 2.24) is 0 Å². The Labute approximate surface area is 135 Å². The van der Waals surface area contributed by atoms with E-state index < -0.39 is 5.97 Å². The molecule has 0 saturated heterocycles. The minimum Gasteiger partial charge on any atom is -0.494 e. The van der Waals surface area contributed by atoms with Crippen molar-refractivity contribution in [3.63, 3.8) is 0 Å². The summed E-state index contributed by atoms with van der Waals surface area (Å²) in [4.78, 5) is 24.2. The summed E-state index contributed by atoms with van der Waals surface area (Å²) in [7, 11) is 0. The van der Waals surface area contributed by atoms with E-state index >= 15 is 0 Å². The molecule has 0 saturated carbocycles. The zero-order chi connectivity index (χ0) is 16.7. The minimum absolute atomic E-state index is 0.278. The molecule has 120 valence electrons. The van der Waals surface area contributed by atoms with Gasteiger partial charge in [-0.1, -0.05) is 12.1 Å². The number of amides is 1. The third-order valence-corrected chi connectivity index (χ3v) is 3.10. The maximum absolute atomic E-state index is 12.3. The van der Waals surface area contributed by atoms with E-state index in [1.807, 2.05) is 6.92 Å². The molecule has 0 radical (unpaired) electrons. The minimum atomic E-state index is -0.463. The van der Waals surface area contributed by atoms with Crippen molar-refractivity contribution in [2.24, 2.45) is 0 Å². The topological polar surface area (TPSA) is 64.6 Å². The summed E-state index contributed by atoms with van der Waals surface area (Å²) in [6.07, 6.45) is 0. The molecule has 2 rings (SSSR count). The van der Waals surface area contributed by atoms with Crippen LogP contribution in [-0.2, 0) is 4.74 Å². The molecule has 0 fully saturated rings. The molecule has 0 atom stereocenters. The van der Waals surface area contributed by atoms with E-state index in [2.05, 4.69) is 5.32 Å². The van der Waals surface area contributed by atoms with Crippen LogP contribution >= 0.6 is 0 Å². The predicted molar refractivity (Wildman–Crippen MR) is 88.0 cm³/mol. The van der Waals surface area contributed by atoms with Gasteiger partial charge in [0.1, 0.15) is 5.75 Å². The molecule has 5 heteroatoms. The van der Waals surface area contributed by atoms with Crippen molar-refractivity contribution >= 4 is 17.6 Å². The van der Waals surface area contributed by atoms with Crippen LogP contribution in [0.1, 0.15) is 34.6 Å². The van der Waals surface area contributed by atoms with E-state index in [1.54, 1.807) is 55.5 Å². The summed E-state index contributed by atoms with van der Waals surface area (Å²) < 4.78 is 10.3. The van der Waals surface area contributed by atoms with Crippen LogP contribution in [-0.4, -0.2) is 25.1 Å². The normalized spacial score (nSPS) is 10.0. The molecular weight excluding hydrogens is 294 g/mol. The van der Waals surface area contributed by atoms with E-state index in [0.29, 0.717) is 29.2 Å². The Hall–Kier alpha value is -2.82. The number of esters is 1. The van der Waals surface area contributed by atoms with Crippen LogP contribution in [0.3, 0.4) is 0 Å². The zero-order valence-corrected chi connectivity index (χ0v) is 13.2. The molecule has 5 nitrogen and oxygen atoms in total. The quantitative estimate of drug-likeness (QED) is 0.829. The van der Waals surface area contributed by atoms with Crippen molar-refractivity contribution in [2.45, 2.75) is 13.8 Å². The number of carbonyl (C=O) groups is 2. The van der Waals surface area contributed by atoms with Gasteiger partial charge in [-0.15, -0.1) is 0 Å². The van der Waals surface area contributed by atoms with Gasteiger partial charge in [0.2, 0.25) is 0 Å². The first-order valence-corrected chi connectivity index (χ1v) is 7.46. The lowest BCUT2D eigenvalue weighted by atomic mass is 10.1. The highest BCUT2D eigenvalue weighted by Gasteiger charge is 2.14. The number of benzene rings is 2. The summed E-state index contributed by atoms with van der Waals surface area (Å²) in [5.74, 6) is -0.0594. The first-order chi connectivity index (χ1) is 11.2. The molecule has 23 heavy (non-hydrogen) atoms. The Kier molecular flexibility index (Phi) is 5.74. The number of ether oxygens (including phenoxy) is 2. The van der Waals surface area contributed by atoms with Crippen LogP contribution < -0.4 is 10.1 Å². The monoisotopic (exact) mass is 313 g/mol. The zero-order valence-electron chi connectivity index (χ0n) is 13.2. The first kappa shape index (κ1) is 16.5. The summed E-state index contributed by atoms with van der Waals surface area (Å²) in [6.45, 7) is 4.48. The molecule has 0 aliphatic rings. The van der Waals surface area contributed by atoms with Crippen LogP contribution in [0.4, 0.5) is 5.69 Å². The number of hydrogen-bond acceptors (Lipinski definition) is 4. The van der Waals surface area contributed by atoms with Crippen LogP contribution in [0, 0.1) is 0 Å². The van der Waals surface area contributed by atoms with Crippen molar-refractivity contribution in [3.05, 3.63) is 59.7 Å². The van der Waals surface area contributed by atoms with Crippen LogP contribution in [0.15, 0.2) is 48.5 Å². The molecule has 0 heterocycles. The number of nitrogens with one attached hydrogen (secondary N) is 1. The standard InChI is InChI=1S/C18H19NO4/c1-3-22-14-11-9-13(10-12-14)17(20)19-16-8-6-5-7-15(16)18(21)23-4-2/h5-12H,3-4H2,1-2H3,(H,19,20). The molecule has 0 spiro atoms. The van der Waals surface area contributed by atoms with Gasteiger partial charge in [-0.05, 0) is 50.2 Å². The Bertz CT molecular complexity index is 680. The summed E-state index contributed by atoms with van der Waals surface area (Å²) in [6, 6.07) is 13.6. The largest absolute Gasteiger partial charge is 0.494 e. The van der Waals surface area contributed by atoms with Crippen molar-refractivity contribution in [1.29, 1.82) is 0 Å². The Morgan fingerprint density at radius 2 is 1.65 bits per heavy atom. The summed E-state index contributed by atoms with van der Waals surface area (Å²) in [5, 5.41) is 2.74. The summed E-state index contributed by atoms with van der Waals surface area (Å²) >= 11 is 0. The Morgan fingerprint density at radius 1 is 0.957 bits per heavy atom. The number of rotatable bonds is 6. The lowest BCUT2D eigenvalue weighted by molar-refractivity contribution is 0.0527. The number of para-hydroxylation sites is 1. The maximum Gasteiger partial charge on any atom is 0.340 e. The summed E-state index contributed by atoms with van der Waals surface area (Å²) in [5.41, 5.74) is 1.23. The van der Waals surface area contributed by atoms with Gasteiger partial charge in [-0.2, -0.15) is 0 Å². The molecular formula is C18H19NO4. The van der Waals surface area contributed by atoms with Crippen LogP contribution in [0.5, 0.6) is 5.75 Å². The van der Waals surface area contributed by atoms with Crippen molar-refractivity contribution in [3.8, 4) is 5.75 Å². The van der Waals surface area contributed by atoms with E-state index in [9.17, 15) is 9.59 Å². The lowest BCUT2D eigenvalue weighted by Gasteiger charge is -2.10. The molecule has 0 aromatic heterocycles. The van der Waals surface area contributed by atoms with Gasteiger partial charge in [0.05, 0.1) is 24.5 Å². The van der Waals surface area contributed by atoms with E-state index in [4.69, 9.17) is 9.47 Å². The van der Waals surface area contributed by atoms with Crippen molar-refractivity contribution in [2.75, 3.05) is 18.5 Å². The molecule has 1 N–H and O–H groups in total. The number of carbonyl (C=O) groups excluding carboxylic acids is 2. The predicted octanol–water partition coefficient (Wildman–Crippen LogP) is 3.51. The highest BCUT2D eigenvalue weighted by atomic mass is 16.5. The van der Waals surface area contributed by atoms with Gasteiger partial charge >= 0.3 is 5.97 Å². The van der Waals surface area contributed by atoms with Crippen LogP contribution in [0.25, 0.3) is 0 Å². The molecule has 2 aromatic rings. The maximum atomic E-state index is 12.3. The fourth-order valence-electron chi connectivity index (χ4n) is 2.04. The second kappa shape index (κ2) is 7.98. The number of anilines is 1. The van der Waals surface area contributed by atoms with Gasteiger partial charge in [-0.25, -0.2) is 4.79 Å². The van der Waals surface area contributed by atoms with Gasteiger partial charge in [0, 0.05) is 5.56 Å². The average Bonchev–Trinajstić information content (AvgIpc) is 2.56. The molecule has 0 aliphatic heterocycles. The van der Waals surface area contributed by atoms with E-state index in [0.717, 1.165) is 0 Å². The van der Waals surface area contributed by atoms with E-state index in [1.165, 1.54) is 0 Å². The third-order valence-electron chi connectivity index (χ3n) is 3.10. The highest BCUT2D eigenvalue weighted by molar-refractivity contribution is 6.08. The average molecular weight is 313 g/mol. The van der Waals surface area contributed by atoms with Gasteiger partial charge < -0.3 is 14.8 Å². The fourth-order valence-corrected chi connectivity index (χ4v) is 2.04. The third kappa shape index (κ3) is 4.32. The molecule has 1 amide bonds. The smallest absolute Gasteiger partial charge is 0.340 e. The second-order valence-electron chi connectivity index (χ2n) is 4.68. The van der Waals surface area contributed by atoms with Crippen LogP contribution in [0.2, 0.25) is 0 Å². The van der Waals surface area contributed by atoms with E-state index in [-0.39, 0.29) is 12.5 Å². The number of hydrogen-bond donors (Lipinski definition) is 1. The second-order valence-corrected chi connectivity index (χ2v) is 4.68. The van der Waals surface area contributed by atoms with Gasteiger partial charge in [0.15, 0.2) is 0 Å². The first-order valence-electron chi connectivity index (χ1n) is 7.46. The molecule has 0 bridgehead atoms. The fraction of sp³-hybridized carbons (Fsp3) is 0.222. The Morgan fingerprint density at radius 3 is 2.30 bits per heavy atom. The molecule has 2 aromatic carbocycles. The lowest BCUT2D eigenvalue weighted by Crippen LogP contribution is -2.15. The van der Waals surface area contributed by atoms with Gasteiger partial charge in [-0.3, -0.25) is 4.79 Å². The molecule has 0 unspecified atom stereocenters. The van der Waals surface area contributed by atoms with Crippen molar-refractivity contribution < 1.29 is 19.1 Å². The molecule has 0 aliphatic carbocycles. The highest BCUT2D eigenvalue weighted by Crippen LogP contribution is 2.18. The Balaban J connectivity index is 2.15. The van der Waals surface area contributed by atoms with Gasteiger partial charge in [0.25, 0.3) is 5.91 Å².